The summed E-state index contributed by atoms with van der Waals surface area (Å²) >= 11 is 0. The van der Waals surface area contributed by atoms with E-state index < -0.39 is 17.7 Å². The van der Waals surface area contributed by atoms with Gasteiger partial charge in [-0.3, -0.25) is 14.6 Å². The normalized spacial score (nSPS) is 18.2. The lowest BCUT2D eigenvalue weighted by atomic mass is 9.95. The van der Waals surface area contributed by atoms with E-state index in [9.17, 15) is 19.8 Å². The molecule has 6 heteroatoms. The van der Waals surface area contributed by atoms with Gasteiger partial charge >= 0.3 is 0 Å². The minimum atomic E-state index is -0.794. The van der Waals surface area contributed by atoms with Crippen molar-refractivity contribution in [1.82, 2.24) is 9.88 Å². The minimum Gasteiger partial charge on any atom is -0.508 e. The number of amides is 1. The highest BCUT2D eigenvalue weighted by molar-refractivity contribution is 6.46. The van der Waals surface area contributed by atoms with E-state index in [4.69, 9.17) is 0 Å². The highest BCUT2D eigenvalue weighted by Gasteiger charge is 2.46. The predicted molar refractivity (Wildman–Crippen MR) is 107 cm³/mol. The largest absolute Gasteiger partial charge is 0.508 e. The van der Waals surface area contributed by atoms with Crippen LogP contribution in [-0.4, -0.2) is 31.8 Å². The maximum absolute atomic E-state index is 12.9. The Hall–Kier alpha value is -3.93. The maximum atomic E-state index is 12.9. The number of carbonyl (C=O) groups is 2. The second-order valence-electron chi connectivity index (χ2n) is 6.71. The summed E-state index contributed by atoms with van der Waals surface area (Å²) in [5.74, 6) is -1.62. The van der Waals surface area contributed by atoms with Crippen LogP contribution in [0.25, 0.3) is 5.76 Å². The fourth-order valence-corrected chi connectivity index (χ4v) is 3.46. The standard InChI is InChI=1S/C23H18N2O4/c26-18-11-9-15(10-12-18)20-19(21(27)16-6-2-1-3-7-16)22(28)23(29)25(20)14-17-8-4-5-13-24-17/h1-13,20,26-27H,14H2/b21-19+. The second kappa shape index (κ2) is 7.59. The molecule has 6 nitrogen and oxygen atoms in total. The van der Waals surface area contributed by atoms with E-state index >= 15 is 0 Å². The van der Waals surface area contributed by atoms with Gasteiger partial charge in [0.05, 0.1) is 23.9 Å². The number of carbonyl (C=O) groups excluding carboxylic acids is 2. The van der Waals surface area contributed by atoms with Crippen LogP contribution in [0.15, 0.2) is 84.6 Å². The van der Waals surface area contributed by atoms with Gasteiger partial charge in [-0.15, -0.1) is 0 Å². The number of likely N-dealkylation sites (tertiary alicyclic amines) is 1. The number of phenolic OH excluding ortho intramolecular Hbond substituents is 1. The molecular formula is C23H18N2O4. The molecule has 1 aromatic heterocycles. The Morgan fingerprint density at radius 2 is 1.62 bits per heavy atom. The molecule has 1 unspecified atom stereocenters. The number of hydrogen-bond acceptors (Lipinski definition) is 5. The smallest absolute Gasteiger partial charge is 0.296 e. The molecule has 0 saturated carbocycles. The number of aromatic nitrogens is 1. The Balaban J connectivity index is 1.86. The number of ketones is 1. The topological polar surface area (TPSA) is 90.7 Å². The summed E-state index contributed by atoms with van der Waals surface area (Å²) < 4.78 is 0. The third-order valence-corrected chi connectivity index (χ3v) is 4.85. The molecule has 2 heterocycles. The van der Waals surface area contributed by atoms with Gasteiger partial charge in [0.25, 0.3) is 11.7 Å². The van der Waals surface area contributed by atoms with Gasteiger partial charge in [-0.2, -0.15) is 0 Å². The monoisotopic (exact) mass is 386 g/mol. The molecule has 2 aromatic carbocycles. The molecule has 1 aliphatic rings. The lowest BCUT2D eigenvalue weighted by Crippen LogP contribution is -2.29. The first-order valence-electron chi connectivity index (χ1n) is 9.09. The Bertz CT molecular complexity index is 1080. The lowest BCUT2D eigenvalue weighted by molar-refractivity contribution is -0.140. The number of Topliss-reactive ketones (excluding diaryl/α,β-unsaturated/α-hetero) is 1. The summed E-state index contributed by atoms with van der Waals surface area (Å²) in [5, 5.41) is 20.5. The zero-order chi connectivity index (χ0) is 20.4. The molecule has 0 aliphatic carbocycles. The quantitative estimate of drug-likeness (QED) is 0.407. The fraction of sp³-hybridized carbons (Fsp3) is 0.0870. The SMILES string of the molecule is O=C1C(=O)N(Cc2ccccn2)C(c2ccc(O)cc2)/C1=C(\O)c1ccccc1. The number of nitrogens with zero attached hydrogens (tertiary/aromatic N) is 2. The number of pyridine rings is 1. The molecule has 29 heavy (non-hydrogen) atoms. The first-order chi connectivity index (χ1) is 14.1. The molecule has 3 aromatic rings. The Morgan fingerprint density at radius 3 is 2.28 bits per heavy atom. The Labute approximate surface area is 167 Å². The van der Waals surface area contributed by atoms with E-state index in [0.717, 1.165) is 0 Å². The van der Waals surface area contributed by atoms with Gasteiger partial charge in [-0.25, -0.2) is 0 Å². The zero-order valence-electron chi connectivity index (χ0n) is 15.4. The molecule has 2 N–H and O–H groups in total. The first kappa shape index (κ1) is 18.4. The van der Waals surface area contributed by atoms with Crippen LogP contribution in [0.2, 0.25) is 0 Å². The van der Waals surface area contributed by atoms with E-state index in [2.05, 4.69) is 4.98 Å². The summed E-state index contributed by atoms with van der Waals surface area (Å²) in [6, 6.07) is 19.4. The Morgan fingerprint density at radius 1 is 0.931 bits per heavy atom. The van der Waals surface area contributed by atoms with Gasteiger partial charge in [-0.1, -0.05) is 48.5 Å². The van der Waals surface area contributed by atoms with Crippen LogP contribution in [0.1, 0.15) is 22.9 Å². The summed E-state index contributed by atoms with van der Waals surface area (Å²) in [7, 11) is 0. The van der Waals surface area contributed by atoms with E-state index in [1.54, 1.807) is 66.9 Å². The van der Waals surface area contributed by atoms with Crippen LogP contribution >= 0.6 is 0 Å². The van der Waals surface area contributed by atoms with Gasteiger partial charge in [-0.05, 0) is 29.8 Å². The predicted octanol–water partition coefficient (Wildman–Crippen LogP) is 3.41. The molecule has 0 spiro atoms. The zero-order valence-corrected chi connectivity index (χ0v) is 15.4. The second-order valence-corrected chi connectivity index (χ2v) is 6.71. The Kier molecular flexibility index (Phi) is 4.83. The van der Waals surface area contributed by atoms with Crippen molar-refractivity contribution in [3.63, 3.8) is 0 Å². The van der Waals surface area contributed by atoms with Crippen LogP contribution < -0.4 is 0 Å². The molecule has 1 fully saturated rings. The summed E-state index contributed by atoms with van der Waals surface area (Å²) in [6.07, 6.45) is 1.62. The summed E-state index contributed by atoms with van der Waals surface area (Å²) in [6.45, 7) is 0.114. The van der Waals surface area contributed by atoms with E-state index in [1.165, 1.54) is 17.0 Å². The van der Waals surface area contributed by atoms with Crippen LogP contribution in [-0.2, 0) is 16.1 Å². The van der Waals surface area contributed by atoms with Crippen LogP contribution in [0.4, 0.5) is 0 Å². The van der Waals surface area contributed by atoms with Crippen LogP contribution in [0, 0.1) is 0 Å². The molecule has 1 amide bonds. The molecule has 1 saturated heterocycles. The average Bonchev–Trinajstić information content (AvgIpc) is 3.00. The number of aliphatic hydroxyl groups is 1. The van der Waals surface area contributed by atoms with Crippen molar-refractivity contribution in [2.45, 2.75) is 12.6 Å². The number of hydrogen-bond donors (Lipinski definition) is 2. The number of rotatable bonds is 4. The van der Waals surface area contributed by atoms with Crippen LogP contribution in [0.5, 0.6) is 5.75 Å². The minimum absolute atomic E-state index is 0.0165. The van der Waals surface area contributed by atoms with Crippen molar-refractivity contribution in [3.05, 3.63) is 101 Å². The highest BCUT2D eigenvalue weighted by Crippen LogP contribution is 2.40. The molecule has 144 valence electrons. The number of phenols is 1. The van der Waals surface area contributed by atoms with Crippen molar-refractivity contribution in [1.29, 1.82) is 0 Å². The number of benzene rings is 2. The van der Waals surface area contributed by atoms with Gasteiger partial charge in [0, 0.05) is 11.8 Å². The molecule has 0 radical (unpaired) electrons. The molecule has 0 bridgehead atoms. The van der Waals surface area contributed by atoms with Crippen molar-refractivity contribution in [3.8, 4) is 5.75 Å². The van der Waals surface area contributed by atoms with E-state index in [1.807, 2.05) is 0 Å². The molecular weight excluding hydrogens is 368 g/mol. The van der Waals surface area contributed by atoms with Crippen molar-refractivity contribution in [2.24, 2.45) is 0 Å². The third kappa shape index (κ3) is 3.48. The highest BCUT2D eigenvalue weighted by atomic mass is 16.3. The van der Waals surface area contributed by atoms with Crippen molar-refractivity contribution in [2.75, 3.05) is 0 Å². The van der Waals surface area contributed by atoms with E-state index in [0.29, 0.717) is 16.8 Å². The lowest BCUT2D eigenvalue weighted by Gasteiger charge is -2.25. The maximum Gasteiger partial charge on any atom is 0.296 e. The molecule has 4 rings (SSSR count). The fourth-order valence-electron chi connectivity index (χ4n) is 3.46. The van der Waals surface area contributed by atoms with Gasteiger partial charge < -0.3 is 15.1 Å². The van der Waals surface area contributed by atoms with Crippen molar-refractivity contribution >= 4 is 17.4 Å². The number of aliphatic hydroxyl groups excluding tert-OH is 1. The average molecular weight is 386 g/mol. The van der Waals surface area contributed by atoms with Gasteiger partial charge in [0.1, 0.15) is 11.5 Å². The summed E-state index contributed by atoms with van der Waals surface area (Å²) in [4.78, 5) is 31.4. The van der Waals surface area contributed by atoms with E-state index in [-0.39, 0.29) is 23.6 Å². The van der Waals surface area contributed by atoms with Crippen LogP contribution in [0.3, 0.4) is 0 Å². The third-order valence-electron chi connectivity index (χ3n) is 4.85. The van der Waals surface area contributed by atoms with Gasteiger partial charge in [0.2, 0.25) is 0 Å². The first-order valence-corrected chi connectivity index (χ1v) is 9.09. The summed E-state index contributed by atoms with van der Waals surface area (Å²) in [5.41, 5.74) is 1.70. The molecule has 1 atom stereocenters. The molecule has 1 aliphatic heterocycles. The van der Waals surface area contributed by atoms with Gasteiger partial charge in [0.15, 0.2) is 0 Å². The van der Waals surface area contributed by atoms with Crippen molar-refractivity contribution < 1.29 is 19.8 Å². The number of aromatic hydroxyl groups is 1.